The molecule has 1 unspecified atom stereocenters. The largest absolute Gasteiger partial charge is 0.396 e. The number of hydrogen-bond donors (Lipinski definition) is 3. The zero-order valence-electron chi connectivity index (χ0n) is 16.0. The summed E-state index contributed by atoms with van der Waals surface area (Å²) >= 11 is 0. The highest BCUT2D eigenvalue weighted by molar-refractivity contribution is 5.79. The fourth-order valence-corrected chi connectivity index (χ4v) is 3.77. The van der Waals surface area contributed by atoms with Crippen LogP contribution < -0.4 is 10.6 Å². The molecular formula is C19H38N4O. The number of aliphatic hydroxyl groups excluding tert-OH is 1. The van der Waals surface area contributed by atoms with Crippen molar-refractivity contribution in [1.82, 2.24) is 15.5 Å². The van der Waals surface area contributed by atoms with Gasteiger partial charge in [0, 0.05) is 38.8 Å². The quantitative estimate of drug-likeness (QED) is 0.422. The standard InChI is InChI=1S/C19H38N4O/c1-4-19(5-2,10-12-24)15-22-18(20-6-3)21-13-16-9-11-23(14-16)17-7-8-17/h16-17,24H,4-15H2,1-3H3,(H2,20,21,22). The third-order valence-corrected chi connectivity index (χ3v) is 6.00. The normalized spacial score (nSPS) is 22.8. The molecule has 24 heavy (non-hydrogen) atoms. The molecule has 0 amide bonds. The average molecular weight is 339 g/mol. The van der Waals surface area contributed by atoms with Crippen LogP contribution in [0.5, 0.6) is 0 Å². The van der Waals surface area contributed by atoms with Gasteiger partial charge < -0.3 is 20.6 Å². The number of nitrogens with one attached hydrogen (secondary N) is 2. The molecule has 1 atom stereocenters. The molecule has 1 heterocycles. The minimum atomic E-state index is 0.132. The molecule has 0 spiro atoms. The summed E-state index contributed by atoms with van der Waals surface area (Å²) in [6.07, 6.45) is 7.08. The van der Waals surface area contributed by atoms with Crippen molar-refractivity contribution in [2.45, 2.75) is 65.3 Å². The number of rotatable bonds is 10. The van der Waals surface area contributed by atoms with E-state index in [1.165, 1.54) is 32.4 Å². The first-order valence-corrected chi connectivity index (χ1v) is 10.0. The molecule has 0 bridgehead atoms. The van der Waals surface area contributed by atoms with Crippen molar-refractivity contribution in [1.29, 1.82) is 0 Å². The molecule has 0 aromatic carbocycles. The van der Waals surface area contributed by atoms with E-state index in [1.807, 2.05) is 0 Å². The van der Waals surface area contributed by atoms with Crippen LogP contribution in [0.3, 0.4) is 0 Å². The predicted octanol–water partition coefficient (Wildman–Crippen LogP) is 2.21. The fraction of sp³-hybridized carbons (Fsp3) is 0.947. The molecule has 0 radical (unpaired) electrons. The number of hydrogen-bond acceptors (Lipinski definition) is 3. The fourth-order valence-electron chi connectivity index (χ4n) is 3.77. The van der Waals surface area contributed by atoms with Crippen LogP contribution in [0.2, 0.25) is 0 Å². The summed E-state index contributed by atoms with van der Waals surface area (Å²) in [5.74, 6) is 1.68. The van der Waals surface area contributed by atoms with Crippen molar-refractivity contribution in [3.8, 4) is 0 Å². The van der Waals surface area contributed by atoms with Gasteiger partial charge in [0.05, 0.1) is 0 Å². The van der Waals surface area contributed by atoms with E-state index in [-0.39, 0.29) is 12.0 Å². The lowest BCUT2D eigenvalue weighted by atomic mass is 9.79. The first-order valence-electron chi connectivity index (χ1n) is 10.0. The molecule has 1 aliphatic carbocycles. The van der Waals surface area contributed by atoms with E-state index in [0.717, 1.165) is 56.8 Å². The minimum absolute atomic E-state index is 0.132. The van der Waals surface area contributed by atoms with E-state index in [2.05, 4.69) is 36.3 Å². The van der Waals surface area contributed by atoms with Crippen LogP contribution in [0, 0.1) is 11.3 Å². The lowest BCUT2D eigenvalue weighted by molar-refractivity contribution is 0.175. The van der Waals surface area contributed by atoms with Gasteiger partial charge in [-0.2, -0.15) is 0 Å². The topological polar surface area (TPSA) is 59.9 Å². The van der Waals surface area contributed by atoms with Crippen LogP contribution in [-0.2, 0) is 0 Å². The lowest BCUT2D eigenvalue weighted by Gasteiger charge is -2.29. The molecule has 0 aromatic rings. The molecule has 1 saturated carbocycles. The third-order valence-electron chi connectivity index (χ3n) is 6.00. The number of aliphatic imine (C=N–C) groups is 1. The van der Waals surface area contributed by atoms with Crippen LogP contribution in [0.25, 0.3) is 0 Å². The summed E-state index contributed by atoms with van der Waals surface area (Å²) in [4.78, 5) is 7.51. The van der Waals surface area contributed by atoms with E-state index >= 15 is 0 Å². The number of aliphatic hydroxyl groups is 1. The first-order chi connectivity index (χ1) is 11.7. The maximum absolute atomic E-state index is 9.37. The maximum atomic E-state index is 9.37. The van der Waals surface area contributed by atoms with Gasteiger partial charge in [-0.25, -0.2) is 0 Å². The lowest BCUT2D eigenvalue weighted by Crippen LogP contribution is -2.41. The van der Waals surface area contributed by atoms with E-state index in [0.29, 0.717) is 0 Å². The Kier molecular flexibility index (Phi) is 7.82. The Labute approximate surface area is 148 Å². The van der Waals surface area contributed by atoms with Crippen LogP contribution in [0.1, 0.15) is 59.3 Å². The molecule has 2 aliphatic rings. The van der Waals surface area contributed by atoms with Gasteiger partial charge >= 0.3 is 0 Å². The second-order valence-corrected chi connectivity index (χ2v) is 7.64. The van der Waals surface area contributed by atoms with Crippen molar-refractivity contribution in [3.05, 3.63) is 0 Å². The van der Waals surface area contributed by atoms with Gasteiger partial charge in [0.25, 0.3) is 0 Å². The van der Waals surface area contributed by atoms with Crippen LogP contribution in [0.15, 0.2) is 4.99 Å². The van der Waals surface area contributed by atoms with Gasteiger partial charge in [0.15, 0.2) is 5.96 Å². The molecule has 0 aromatic heterocycles. The van der Waals surface area contributed by atoms with Gasteiger partial charge in [-0.05, 0) is 63.3 Å². The first kappa shape index (κ1) is 19.5. The Morgan fingerprint density at radius 1 is 1.17 bits per heavy atom. The van der Waals surface area contributed by atoms with Crippen LogP contribution in [-0.4, -0.2) is 61.3 Å². The van der Waals surface area contributed by atoms with E-state index in [1.54, 1.807) is 0 Å². The van der Waals surface area contributed by atoms with Crippen molar-refractivity contribution in [2.75, 3.05) is 39.3 Å². The monoisotopic (exact) mass is 338 g/mol. The van der Waals surface area contributed by atoms with E-state index in [4.69, 9.17) is 4.99 Å². The highest BCUT2D eigenvalue weighted by Crippen LogP contribution is 2.32. The zero-order chi connectivity index (χ0) is 17.4. The molecule has 1 aliphatic heterocycles. The Bertz CT molecular complexity index is 391. The second kappa shape index (κ2) is 9.62. The predicted molar refractivity (Wildman–Crippen MR) is 101 cm³/mol. The van der Waals surface area contributed by atoms with Crippen LogP contribution in [0.4, 0.5) is 0 Å². The van der Waals surface area contributed by atoms with Gasteiger partial charge in [-0.3, -0.25) is 4.99 Å². The van der Waals surface area contributed by atoms with Gasteiger partial charge in [0.2, 0.25) is 0 Å². The van der Waals surface area contributed by atoms with Crippen molar-refractivity contribution in [2.24, 2.45) is 16.3 Å². The summed E-state index contributed by atoms with van der Waals surface area (Å²) in [5, 5.41) is 16.3. The Morgan fingerprint density at radius 3 is 2.50 bits per heavy atom. The summed E-state index contributed by atoms with van der Waals surface area (Å²) in [6, 6.07) is 0.894. The smallest absolute Gasteiger partial charge is 0.191 e. The summed E-state index contributed by atoms with van der Waals surface area (Å²) in [7, 11) is 0. The van der Waals surface area contributed by atoms with E-state index < -0.39 is 0 Å². The summed E-state index contributed by atoms with van der Waals surface area (Å²) in [6.45, 7) is 12.0. The van der Waals surface area contributed by atoms with Gasteiger partial charge in [-0.15, -0.1) is 0 Å². The second-order valence-electron chi connectivity index (χ2n) is 7.64. The van der Waals surface area contributed by atoms with Crippen LogP contribution >= 0.6 is 0 Å². The molecule has 1 saturated heterocycles. The third kappa shape index (κ3) is 5.62. The van der Waals surface area contributed by atoms with Crippen molar-refractivity contribution < 1.29 is 5.11 Å². The zero-order valence-corrected chi connectivity index (χ0v) is 16.0. The Balaban J connectivity index is 1.83. The molecule has 3 N–H and O–H groups in total. The summed E-state index contributed by atoms with van der Waals surface area (Å²) < 4.78 is 0. The molecule has 2 rings (SSSR count). The average Bonchev–Trinajstić information content (AvgIpc) is 3.35. The number of nitrogens with zero attached hydrogens (tertiary/aromatic N) is 2. The molecular weight excluding hydrogens is 300 g/mol. The molecule has 140 valence electrons. The van der Waals surface area contributed by atoms with Gasteiger partial charge in [0.1, 0.15) is 0 Å². The Hall–Kier alpha value is -0.810. The van der Waals surface area contributed by atoms with Crippen molar-refractivity contribution >= 4 is 5.96 Å². The highest BCUT2D eigenvalue weighted by atomic mass is 16.3. The number of likely N-dealkylation sites (tertiary alicyclic amines) is 1. The Morgan fingerprint density at radius 2 is 1.92 bits per heavy atom. The SMILES string of the molecule is CCNC(=NCC(CC)(CC)CCO)NCC1CCN(C2CC2)C1. The maximum Gasteiger partial charge on any atom is 0.191 e. The highest BCUT2D eigenvalue weighted by Gasteiger charge is 2.34. The van der Waals surface area contributed by atoms with Crippen molar-refractivity contribution in [3.63, 3.8) is 0 Å². The van der Waals surface area contributed by atoms with Gasteiger partial charge in [-0.1, -0.05) is 13.8 Å². The summed E-state index contributed by atoms with van der Waals surface area (Å²) in [5.41, 5.74) is 0.132. The molecule has 5 nitrogen and oxygen atoms in total. The minimum Gasteiger partial charge on any atom is -0.396 e. The van der Waals surface area contributed by atoms with E-state index in [9.17, 15) is 5.11 Å². The molecule has 5 heteroatoms. The number of guanidine groups is 1. The molecule has 2 fully saturated rings.